The highest BCUT2D eigenvalue weighted by Gasteiger charge is 2.34. The quantitative estimate of drug-likeness (QED) is 0.909. The highest BCUT2D eigenvalue weighted by atomic mass is 16.5. The van der Waals surface area contributed by atoms with Gasteiger partial charge in [0.2, 0.25) is 5.91 Å². The second-order valence-corrected chi connectivity index (χ2v) is 6.02. The van der Waals surface area contributed by atoms with Crippen LogP contribution in [-0.4, -0.2) is 18.1 Å². The number of carbonyl (C=O) groups is 1. The van der Waals surface area contributed by atoms with Crippen LogP contribution in [0.15, 0.2) is 4.52 Å². The van der Waals surface area contributed by atoms with Crippen LogP contribution in [0.25, 0.3) is 0 Å². The van der Waals surface area contributed by atoms with Crippen LogP contribution in [0.5, 0.6) is 0 Å². The second kappa shape index (κ2) is 5.35. The number of rotatable bonds is 4. The Bertz CT molecular complexity index is 461. The van der Waals surface area contributed by atoms with Crippen molar-refractivity contribution < 1.29 is 9.32 Å². The van der Waals surface area contributed by atoms with Gasteiger partial charge < -0.3 is 9.84 Å². The molecule has 1 aromatic heterocycles. The molecule has 1 aliphatic carbocycles. The Morgan fingerprint density at radius 1 is 1.42 bits per heavy atom. The predicted octanol–water partition coefficient (Wildman–Crippen LogP) is 2.98. The molecule has 0 bridgehead atoms. The molecule has 1 N–H and O–H groups in total. The minimum atomic E-state index is -0.0954. The molecule has 0 aliphatic heterocycles. The molecule has 4 heteroatoms. The summed E-state index contributed by atoms with van der Waals surface area (Å²) in [7, 11) is 1.67. The van der Waals surface area contributed by atoms with Gasteiger partial charge in [0.05, 0.1) is 5.69 Å². The SMILES string of the molecule is CNC(=O)C(C)C(C)c1noc(C2CC(C)C2)c1C. The van der Waals surface area contributed by atoms with E-state index in [2.05, 4.69) is 24.3 Å². The lowest BCUT2D eigenvalue weighted by Gasteiger charge is -2.31. The average molecular weight is 264 g/mol. The molecule has 1 saturated carbocycles. The van der Waals surface area contributed by atoms with E-state index < -0.39 is 0 Å². The first kappa shape index (κ1) is 14.1. The van der Waals surface area contributed by atoms with Crippen LogP contribution < -0.4 is 5.32 Å². The van der Waals surface area contributed by atoms with Crippen LogP contribution in [0.4, 0.5) is 0 Å². The van der Waals surface area contributed by atoms with Gasteiger partial charge >= 0.3 is 0 Å². The average Bonchev–Trinajstić information content (AvgIpc) is 2.74. The van der Waals surface area contributed by atoms with Crippen molar-refractivity contribution in [3.8, 4) is 0 Å². The van der Waals surface area contributed by atoms with Gasteiger partial charge in [-0.1, -0.05) is 25.9 Å². The van der Waals surface area contributed by atoms with Gasteiger partial charge in [0, 0.05) is 30.4 Å². The molecule has 2 unspecified atom stereocenters. The number of aromatic nitrogens is 1. The maximum absolute atomic E-state index is 11.7. The normalized spacial score (nSPS) is 25.5. The Kier molecular flexibility index (Phi) is 3.97. The van der Waals surface area contributed by atoms with E-state index in [1.165, 1.54) is 12.8 Å². The number of nitrogens with zero attached hydrogens (tertiary/aromatic N) is 1. The van der Waals surface area contributed by atoms with E-state index in [0.29, 0.717) is 5.92 Å². The standard InChI is InChI=1S/C15H24N2O2/c1-8-6-12(7-8)14-11(4)13(17-19-14)9(2)10(3)15(18)16-5/h8-10,12H,6-7H2,1-5H3,(H,16,18). The fourth-order valence-corrected chi connectivity index (χ4v) is 2.97. The topological polar surface area (TPSA) is 55.1 Å². The highest BCUT2D eigenvalue weighted by Crippen LogP contribution is 2.43. The summed E-state index contributed by atoms with van der Waals surface area (Å²) in [4.78, 5) is 11.7. The summed E-state index contributed by atoms with van der Waals surface area (Å²) in [6.07, 6.45) is 2.38. The van der Waals surface area contributed by atoms with Gasteiger partial charge in [0.25, 0.3) is 0 Å². The third kappa shape index (κ3) is 2.53. The van der Waals surface area contributed by atoms with Crippen LogP contribution in [-0.2, 0) is 4.79 Å². The lowest BCUT2D eigenvalue weighted by atomic mass is 9.73. The van der Waals surface area contributed by atoms with E-state index in [9.17, 15) is 4.79 Å². The molecule has 19 heavy (non-hydrogen) atoms. The van der Waals surface area contributed by atoms with Gasteiger partial charge in [-0.2, -0.15) is 0 Å². The van der Waals surface area contributed by atoms with E-state index in [4.69, 9.17) is 4.52 Å². The molecule has 0 spiro atoms. The van der Waals surface area contributed by atoms with Crippen molar-refractivity contribution in [2.75, 3.05) is 7.05 Å². The molecule has 1 aliphatic rings. The third-order valence-electron chi connectivity index (χ3n) is 4.58. The van der Waals surface area contributed by atoms with E-state index in [0.717, 1.165) is 22.9 Å². The van der Waals surface area contributed by atoms with Gasteiger partial charge in [-0.3, -0.25) is 4.79 Å². The molecule has 0 saturated heterocycles. The predicted molar refractivity (Wildman–Crippen MR) is 74.0 cm³/mol. The van der Waals surface area contributed by atoms with Crippen LogP contribution in [0.2, 0.25) is 0 Å². The summed E-state index contributed by atoms with van der Waals surface area (Å²) in [6, 6.07) is 0. The first-order valence-electron chi connectivity index (χ1n) is 7.13. The molecule has 1 aromatic rings. The van der Waals surface area contributed by atoms with Crippen molar-refractivity contribution in [2.24, 2.45) is 11.8 Å². The molecule has 0 aromatic carbocycles. The number of hydrogen-bond donors (Lipinski definition) is 1. The van der Waals surface area contributed by atoms with Gasteiger partial charge in [-0.25, -0.2) is 0 Å². The van der Waals surface area contributed by atoms with Gasteiger partial charge in [0.1, 0.15) is 5.76 Å². The van der Waals surface area contributed by atoms with Crippen LogP contribution in [0.3, 0.4) is 0 Å². The largest absolute Gasteiger partial charge is 0.361 e. The zero-order chi connectivity index (χ0) is 14.2. The summed E-state index contributed by atoms with van der Waals surface area (Å²) in [5.41, 5.74) is 2.07. The Balaban J connectivity index is 2.15. The Morgan fingerprint density at radius 3 is 2.58 bits per heavy atom. The van der Waals surface area contributed by atoms with Crippen molar-refractivity contribution in [3.63, 3.8) is 0 Å². The zero-order valence-electron chi connectivity index (χ0n) is 12.5. The summed E-state index contributed by atoms with van der Waals surface area (Å²) >= 11 is 0. The second-order valence-electron chi connectivity index (χ2n) is 6.02. The molecule has 1 fully saturated rings. The number of amides is 1. The minimum absolute atomic E-state index is 0.0497. The minimum Gasteiger partial charge on any atom is -0.361 e. The van der Waals surface area contributed by atoms with E-state index in [1.807, 2.05) is 13.8 Å². The van der Waals surface area contributed by atoms with E-state index in [1.54, 1.807) is 7.05 Å². The number of carbonyl (C=O) groups excluding carboxylic acids is 1. The van der Waals surface area contributed by atoms with E-state index >= 15 is 0 Å². The third-order valence-corrected chi connectivity index (χ3v) is 4.58. The maximum Gasteiger partial charge on any atom is 0.223 e. The molecule has 0 radical (unpaired) electrons. The lowest BCUT2D eigenvalue weighted by molar-refractivity contribution is -0.124. The molecule has 4 nitrogen and oxygen atoms in total. The summed E-state index contributed by atoms with van der Waals surface area (Å²) < 4.78 is 5.55. The monoisotopic (exact) mass is 264 g/mol. The van der Waals surface area contributed by atoms with Crippen molar-refractivity contribution in [2.45, 2.75) is 52.4 Å². The lowest BCUT2D eigenvalue weighted by Crippen LogP contribution is -2.29. The molecule has 1 amide bonds. The number of nitrogens with one attached hydrogen (secondary N) is 1. The fourth-order valence-electron chi connectivity index (χ4n) is 2.97. The Hall–Kier alpha value is -1.32. The van der Waals surface area contributed by atoms with Crippen molar-refractivity contribution in [1.29, 1.82) is 0 Å². The summed E-state index contributed by atoms with van der Waals surface area (Å²) in [5, 5.41) is 6.92. The first-order chi connectivity index (χ1) is 8.95. The molecule has 2 rings (SSSR count). The molecule has 2 atom stereocenters. The van der Waals surface area contributed by atoms with E-state index in [-0.39, 0.29) is 17.7 Å². The van der Waals surface area contributed by atoms with Gasteiger partial charge in [0.15, 0.2) is 0 Å². The van der Waals surface area contributed by atoms with Crippen LogP contribution in [0, 0.1) is 18.8 Å². The molecular weight excluding hydrogens is 240 g/mol. The maximum atomic E-state index is 11.7. The van der Waals surface area contributed by atoms with Crippen molar-refractivity contribution in [3.05, 3.63) is 17.0 Å². The van der Waals surface area contributed by atoms with Crippen LogP contribution >= 0.6 is 0 Å². The summed E-state index contributed by atoms with van der Waals surface area (Å²) in [6.45, 7) is 8.30. The van der Waals surface area contributed by atoms with Gasteiger partial charge in [-0.15, -0.1) is 0 Å². The summed E-state index contributed by atoms with van der Waals surface area (Å²) in [5.74, 6) is 2.38. The highest BCUT2D eigenvalue weighted by molar-refractivity contribution is 5.78. The van der Waals surface area contributed by atoms with Crippen molar-refractivity contribution in [1.82, 2.24) is 10.5 Å². The van der Waals surface area contributed by atoms with Crippen molar-refractivity contribution >= 4 is 5.91 Å². The van der Waals surface area contributed by atoms with Gasteiger partial charge in [-0.05, 0) is 25.7 Å². The Morgan fingerprint density at radius 2 is 2.05 bits per heavy atom. The molecule has 106 valence electrons. The fraction of sp³-hybridized carbons (Fsp3) is 0.733. The molecule has 1 heterocycles. The first-order valence-corrected chi connectivity index (χ1v) is 7.13. The molecular formula is C15H24N2O2. The smallest absolute Gasteiger partial charge is 0.223 e. The Labute approximate surface area is 114 Å². The number of hydrogen-bond acceptors (Lipinski definition) is 3. The van der Waals surface area contributed by atoms with Crippen LogP contribution in [0.1, 0.15) is 62.5 Å². The zero-order valence-corrected chi connectivity index (χ0v) is 12.5.